The molecule has 0 radical (unpaired) electrons. The average Bonchev–Trinajstić information content (AvgIpc) is 1.72. The van der Waals surface area contributed by atoms with Gasteiger partial charge in [-0.2, -0.15) is 0 Å². The van der Waals surface area contributed by atoms with Crippen LogP contribution in [0.15, 0.2) is 0 Å². The normalized spacial score (nSPS) is 24.0. The van der Waals surface area contributed by atoms with Gasteiger partial charge in [-0.25, -0.2) is 0 Å². The summed E-state index contributed by atoms with van der Waals surface area (Å²) in [6, 6.07) is 3.28. The second-order valence-corrected chi connectivity index (χ2v) is 4.24. The molecular formula is C5H12Si. The van der Waals surface area contributed by atoms with Gasteiger partial charge in [-0.15, -0.1) is 0 Å². The Bertz CT molecular complexity index is 19.4. The van der Waals surface area contributed by atoms with E-state index in [0.717, 1.165) is 0 Å². The summed E-state index contributed by atoms with van der Waals surface area (Å²) < 4.78 is 0. The molecule has 0 aliphatic carbocycles. The average molecular weight is 100 g/mol. The summed E-state index contributed by atoms with van der Waals surface area (Å²) in [4.78, 5) is 0. The first-order chi connectivity index (χ1) is 3.00. The van der Waals surface area contributed by atoms with Crippen molar-refractivity contribution in [3.8, 4) is 0 Å². The first kappa shape index (κ1) is 4.38. The largest absolute Gasteiger partial charge is 0.0628 e. The van der Waals surface area contributed by atoms with Crippen molar-refractivity contribution in [2.24, 2.45) is 0 Å². The lowest BCUT2D eigenvalue weighted by Crippen LogP contribution is -1.94. The lowest BCUT2D eigenvalue weighted by atomic mass is 10.3. The molecule has 1 saturated heterocycles. The van der Waals surface area contributed by atoms with Gasteiger partial charge >= 0.3 is 0 Å². The molecule has 0 amide bonds. The zero-order valence-electron chi connectivity index (χ0n) is 4.24. The standard InChI is InChI=1S/C5H12Si/c1-2-4-6-5-3-1/h1-6H2. The van der Waals surface area contributed by atoms with Crippen LogP contribution in [0.1, 0.15) is 19.3 Å². The van der Waals surface area contributed by atoms with E-state index in [1.807, 2.05) is 0 Å². The van der Waals surface area contributed by atoms with Crippen LogP contribution < -0.4 is 0 Å². The van der Waals surface area contributed by atoms with E-state index in [2.05, 4.69) is 0 Å². The molecule has 1 rings (SSSR count). The maximum Gasteiger partial charge on any atom is 0.0197 e. The maximum absolute atomic E-state index is 1.64. The third-order valence-corrected chi connectivity index (χ3v) is 3.50. The highest BCUT2D eigenvalue weighted by atomic mass is 28.2. The monoisotopic (exact) mass is 100 g/mol. The minimum atomic E-state index is 0.508. The van der Waals surface area contributed by atoms with E-state index in [1.165, 1.54) is 6.42 Å². The van der Waals surface area contributed by atoms with Gasteiger partial charge < -0.3 is 0 Å². The fourth-order valence-corrected chi connectivity index (χ4v) is 2.83. The first-order valence-electron chi connectivity index (χ1n) is 3.00. The SMILES string of the molecule is C1CC[SiH2]CC1. The summed E-state index contributed by atoms with van der Waals surface area (Å²) in [6.45, 7) is 0. The molecule has 1 fully saturated rings. The van der Waals surface area contributed by atoms with Crippen molar-refractivity contribution in [1.82, 2.24) is 0 Å². The Morgan fingerprint density at radius 1 is 0.833 bits per heavy atom. The lowest BCUT2D eigenvalue weighted by Gasteiger charge is -2.04. The van der Waals surface area contributed by atoms with Crippen molar-refractivity contribution in [3.63, 3.8) is 0 Å². The topological polar surface area (TPSA) is 0 Å². The van der Waals surface area contributed by atoms with Gasteiger partial charge in [0.25, 0.3) is 0 Å². The van der Waals surface area contributed by atoms with Gasteiger partial charge in [0.1, 0.15) is 0 Å². The van der Waals surface area contributed by atoms with Gasteiger partial charge in [0.15, 0.2) is 0 Å². The summed E-state index contributed by atoms with van der Waals surface area (Å²) >= 11 is 0. The second kappa shape index (κ2) is 2.40. The molecule has 0 nitrogen and oxygen atoms in total. The molecule has 0 atom stereocenters. The Labute approximate surface area is 41.8 Å². The van der Waals surface area contributed by atoms with E-state index in [0.29, 0.717) is 9.52 Å². The van der Waals surface area contributed by atoms with Crippen LogP contribution in [0.4, 0.5) is 0 Å². The highest BCUT2D eigenvalue weighted by Gasteiger charge is 1.96. The quantitative estimate of drug-likeness (QED) is 0.401. The van der Waals surface area contributed by atoms with E-state index in [1.54, 1.807) is 24.9 Å². The van der Waals surface area contributed by atoms with E-state index in [-0.39, 0.29) is 0 Å². The van der Waals surface area contributed by atoms with Crippen molar-refractivity contribution in [2.45, 2.75) is 31.4 Å². The molecule has 0 aromatic heterocycles. The Kier molecular flexibility index (Phi) is 1.75. The van der Waals surface area contributed by atoms with Crippen molar-refractivity contribution >= 4 is 9.52 Å². The molecule has 0 aromatic rings. The molecular weight excluding hydrogens is 88.1 g/mol. The minimum absolute atomic E-state index is 0.508. The van der Waals surface area contributed by atoms with Crippen LogP contribution in [0, 0.1) is 0 Å². The number of hydrogen-bond donors (Lipinski definition) is 0. The summed E-state index contributed by atoms with van der Waals surface area (Å²) in [7, 11) is 0.508. The third-order valence-electron chi connectivity index (χ3n) is 1.50. The fourth-order valence-electron chi connectivity index (χ4n) is 1.06. The number of rotatable bonds is 0. The molecule has 0 unspecified atom stereocenters. The van der Waals surface area contributed by atoms with Gasteiger partial charge in [-0.05, 0) is 0 Å². The summed E-state index contributed by atoms with van der Waals surface area (Å²) in [5.41, 5.74) is 0. The molecule has 0 bridgehead atoms. The lowest BCUT2D eigenvalue weighted by molar-refractivity contribution is 0.734. The Morgan fingerprint density at radius 2 is 1.50 bits per heavy atom. The summed E-state index contributed by atoms with van der Waals surface area (Å²) in [5.74, 6) is 0. The fraction of sp³-hybridized carbons (Fsp3) is 1.00. The Morgan fingerprint density at radius 3 is 1.67 bits per heavy atom. The van der Waals surface area contributed by atoms with Gasteiger partial charge in [0, 0.05) is 9.52 Å². The molecule has 1 heteroatoms. The van der Waals surface area contributed by atoms with Crippen LogP contribution in [0.2, 0.25) is 12.1 Å². The number of hydrogen-bond acceptors (Lipinski definition) is 0. The highest BCUT2D eigenvalue weighted by Crippen LogP contribution is 2.10. The highest BCUT2D eigenvalue weighted by molar-refractivity contribution is 6.35. The van der Waals surface area contributed by atoms with Gasteiger partial charge in [-0.1, -0.05) is 31.4 Å². The molecule has 36 valence electrons. The van der Waals surface area contributed by atoms with Crippen LogP contribution in [0.3, 0.4) is 0 Å². The molecule has 0 aromatic carbocycles. The zero-order chi connectivity index (χ0) is 4.24. The van der Waals surface area contributed by atoms with Crippen molar-refractivity contribution in [2.75, 3.05) is 0 Å². The maximum atomic E-state index is 1.64. The van der Waals surface area contributed by atoms with Crippen molar-refractivity contribution in [3.05, 3.63) is 0 Å². The molecule has 1 heterocycles. The molecule has 0 spiro atoms. The summed E-state index contributed by atoms with van der Waals surface area (Å²) in [5, 5.41) is 0. The van der Waals surface area contributed by atoms with Crippen LogP contribution >= 0.6 is 0 Å². The third kappa shape index (κ3) is 1.13. The minimum Gasteiger partial charge on any atom is -0.0628 e. The molecule has 6 heavy (non-hydrogen) atoms. The zero-order valence-corrected chi connectivity index (χ0v) is 5.66. The smallest absolute Gasteiger partial charge is 0.0197 e. The molecule has 0 N–H and O–H groups in total. The van der Waals surface area contributed by atoms with Crippen LogP contribution in [0.5, 0.6) is 0 Å². The predicted molar refractivity (Wildman–Crippen MR) is 32.0 cm³/mol. The van der Waals surface area contributed by atoms with Crippen molar-refractivity contribution in [1.29, 1.82) is 0 Å². The molecule has 0 saturated carbocycles. The van der Waals surface area contributed by atoms with E-state index in [9.17, 15) is 0 Å². The van der Waals surface area contributed by atoms with Crippen molar-refractivity contribution < 1.29 is 0 Å². The Balaban J connectivity index is 2.00. The summed E-state index contributed by atoms with van der Waals surface area (Å²) in [6.07, 6.45) is 4.66. The van der Waals surface area contributed by atoms with Crippen LogP contribution in [0.25, 0.3) is 0 Å². The van der Waals surface area contributed by atoms with Gasteiger partial charge in [-0.3, -0.25) is 0 Å². The van der Waals surface area contributed by atoms with E-state index >= 15 is 0 Å². The van der Waals surface area contributed by atoms with Crippen LogP contribution in [-0.2, 0) is 0 Å². The van der Waals surface area contributed by atoms with Crippen LogP contribution in [-0.4, -0.2) is 9.52 Å². The van der Waals surface area contributed by atoms with E-state index < -0.39 is 0 Å². The Hall–Kier alpha value is 0.217. The second-order valence-electron chi connectivity index (χ2n) is 2.12. The predicted octanol–water partition coefficient (Wildman–Crippen LogP) is 1.18. The first-order valence-corrected chi connectivity index (χ1v) is 5.00. The van der Waals surface area contributed by atoms with Gasteiger partial charge in [0.2, 0.25) is 0 Å². The molecule has 1 aliphatic rings. The molecule has 1 aliphatic heterocycles. The van der Waals surface area contributed by atoms with E-state index in [4.69, 9.17) is 0 Å². The van der Waals surface area contributed by atoms with Gasteiger partial charge in [0.05, 0.1) is 0 Å².